The van der Waals surface area contributed by atoms with Crippen LogP contribution in [0.1, 0.15) is 29.4 Å². The Balaban J connectivity index is 2.03. The summed E-state index contributed by atoms with van der Waals surface area (Å²) in [4.78, 5) is 24.0. The van der Waals surface area contributed by atoms with Crippen molar-refractivity contribution in [3.63, 3.8) is 0 Å². The second kappa shape index (κ2) is 5.79. The number of hydrogen-bond donors (Lipinski definition) is 2. The fourth-order valence-corrected chi connectivity index (χ4v) is 2.13. The third kappa shape index (κ3) is 3.28. The highest BCUT2D eigenvalue weighted by molar-refractivity contribution is 5.94. The number of primary amides is 1. The molecule has 2 amide bonds. The summed E-state index contributed by atoms with van der Waals surface area (Å²) in [5.41, 5.74) is 5.29. The fourth-order valence-electron chi connectivity index (χ4n) is 2.13. The normalized spacial score (nSPS) is 16.3. The minimum absolute atomic E-state index is 0.126. The Morgan fingerprint density at radius 1 is 1.53 bits per heavy atom. The number of rotatable bonds is 4. The Bertz CT molecular complexity index is 466. The highest BCUT2D eigenvalue weighted by atomic mass is 16.2. The molecule has 0 saturated carbocycles. The molecule has 3 N–H and O–H groups in total. The molecular weight excluding hydrogens is 248 g/mol. The quantitative estimate of drug-likeness (QED) is 0.709. The van der Waals surface area contributed by atoms with Crippen molar-refractivity contribution in [2.24, 2.45) is 5.73 Å². The standard InChI is InChI=1S/C11H18N6O2/c1-16(7-10(12)18)11(19)9-6-17(15-14-9)8-2-4-13-5-3-8/h6,8,13H,2-5,7H2,1H3,(H2,12,18). The summed E-state index contributed by atoms with van der Waals surface area (Å²) in [6.07, 6.45) is 3.57. The van der Waals surface area contributed by atoms with Crippen LogP contribution < -0.4 is 11.1 Å². The molecule has 8 heteroatoms. The smallest absolute Gasteiger partial charge is 0.276 e. The summed E-state index contributed by atoms with van der Waals surface area (Å²) in [6.45, 7) is 1.75. The molecule has 8 nitrogen and oxygen atoms in total. The molecule has 2 heterocycles. The molecule has 0 radical (unpaired) electrons. The Kier molecular flexibility index (Phi) is 4.10. The van der Waals surface area contributed by atoms with Crippen LogP contribution in [0.15, 0.2) is 6.20 Å². The number of aromatic nitrogens is 3. The van der Waals surface area contributed by atoms with Crippen molar-refractivity contribution in [2.75, 3.05) is 26.7 Å². The number of carbonyl (C=O) groups excluding carboxylic acids is 2. The zero-order valence-electron chi connectivity index (χ0n) is 10.9. The average Bonchev–Trinajstić information content (AvgIpc) is 2.87. The van der Waals surface area contributed by atoms with Crippen molar-refractivity contribution < 1.29 is 9.59 Å². The summed E-state index contributed by atoms with van der Waals surface area (Å²) in [7, 11) is 1.51. The lowest BCUT2D eigenvalue weighted by atomic mass is 10.1. The van der Waals surface area contributed by atoms with Gasteiger partial charge in [-0.15, -0.1) is 5.10 Å². The largest absolute Gasteiger partial charge is 0.368 e. The third-order valence-electron chi connectivity index (χ3n) is 3.15. The maximum absolute atomic E-state index is 12.0. The highest BCUT2D eigenvalue weighted by Crippen LogP contribution is 2.17. The topological polar surface area (TPSA) is 106 Å². The lowest BCUT2D eigenvalue weighted by molar-refractivity contribution is -0.118. The number of nitrogens with two attached hydrogens (primary N) is 1. The molecule has 1 aliphatic heterocycles. The van der Waals surface area contributed by atoms with Crippen LogP contribution in [-0.2, 0) is 4.79 Å². The van der Waals surface area contributed by atoms with E-state index in [0.717, 1.165) is 25.9 Å². The first kappa shape index (κ1) is 13.5. The van der Waals surface area contributed by atoms with Gasteiger partial charge in [0.25, 0.3) is 5.91 Å². The minimum Gasteiger partial charge on any atom is -0.368 e. The third-order valence-corrected chi connectivity index (χ3v) is 3.15. The van der Waals surface area contributed by atoms with Gasteiger partial charge in [-0.1, -0.05) is 5.21 Å². The zero-order chi connectivity index (χ0) is 13.8. The summed E-state index contributed by atoms with van der Waals surface area (Å²) < 4.78 is 1.73. The first-order valence-corrected chi connectivity index (χ1v) is 6.24. The van der Waals surface area contributed by atoms with E-state index in [1.54, 1.807) is 10.9 Å². The molecule has 0 atom stereocenters. The van der Waals surface area contributed by atoms with Crippen LogP contribution in [0.3, 0.4) is 0 Å². The molecule has 0 aliphatic carbocycles. The van der Waals surface area contributed by atoms with E-state index in [-0.39, 0.29) is 24.2 Å². The lowest BCUT2D eigenvalue weighted by Gasteiger charge is -2.22. The summed E-state index contributed by atoms with van der Waals surface area (Å²) >= 11 is 0. The average molecular weight is 266 g/mol. The lowest BCUT2D eigenvalue weighted by Crippen LogP contribution is -2.35. The van der Waals surface area contributed by atoms with Crippen LogP contribution in [0.4, 0.5) is 0 Å². The van der Waals surface area contributed by atoms with Crippen LogP contribution in [0.25, 0.3) is 0 Å². The summed E-state index contributed by atoms with van der Waals surface area (Å²) in [5, 5.41) is 11.1. The van der Waals surface area contributed by atoms with E-state index >= 15 is 0 Å². The van der Waals surface area contributed by atoms with Gasteiger partial charge in [0.1, 0.15) is 0 Å². The number of likely N-dealkylation sites (N-methyl/N-ethyl adjacent to an activating group) is 1. The number of hydrogen-bond acceptors (Lipinski definition) is 5. The van der Waals surface area contributed by atoms with E-state index in [1.807, 2.05) is 0 Å². The van der Waals surface area contributed by atoms with Crippen LogP contribution in [-0.4, -0.2) is 58.4 Å². The van der Waals surface area contributed by atoms with Crippen molar-refractivity contribution in [3.05, 3.63) is 11.9 Å². The van der Waals surface area contributed by atoms with Crippen LogP contribution in [0.2, 0.25) is 0 Å². The first-order chi connectivity index (χ1) is 9.08. The van der Waals surface area contributed by atoms with Gasteiger partial charge in [0.05, 0.1) is 18.8 Å². The van der Waals surface area contributed by atoms with Crippen molar-refractivity contribution in [1.82, 2.24) is 25.2 Å². The molecule has 1 saturated heterocycles. The van der Waals surface area contributed by atoms with Gasteiger partial charge in [-0.2, -0.15) is 0 Å². The monoisotopic (exact) mass is 266 g/mol. The van der Waals surface area contributed by atoms with Crippen molar-refractivity contribution in [1.29, 1.82) is 0 Å². The van der Waals surface area contributed by atoms with Crippen LogP contribution in [0.5, 0.6) is 0 Å². The fraction of sp³-hybridized carbons (Fsp3) is 0.636. The number of piperidine rings is 1. The van der Waals surface area contributed by atoms with Crippen molar-refractivity contribution in [3.8, 4) is 0 Å². The van der Waals surface area contributed by atoms with Crippen LogP contribution >= 0.6 is 0 Å². The SMILES string of the molecule is CN(CC(N)=O)C(=O)c1cn(C2CCNCC2)nn1. The molecule has 19 heavy (non-hydrogen) atoms. The molecule has 0 unspecified atom stereocenters. The van der Waals surface area contributed by atoms with Gasteiger partial charge in [-0.25, -0.2) is 4.68 Å². The molecule has 1 aromatic heterocycles. The zero-order valence-corrected chi connectivity index (χ0v) is 10.9. The predicted molar refractivity (Wildman–Crippen MR) is 67.3 cm³/mol. The van der Waals surface area contributed by atoms with Gasteiger partial charge in [0.15, 0.2) is 5.69 Å². The summed E-state index contributed by atoms with van der Waals surface area (Å²) in [5.74, 6) is -0.902. The van der Waals surface area contributed by atoms with Gasteiger partial charge in [0.2, 0.25) is 5.91 Å². The Morgan fingerprint density at radius 3 is 2.84 bits per heavy atom. The molecule has 0 aromatic carbocycles. The van der Waals surface area contributed by atoms with E-state index in [9.17, 15) is 9.59 Å². The molecule has 2 rings (SSSR count). The molecule has 0 spiro atoms. The van der Waals surface area contributed by atoms with Gasteiger partial charge in [-0.05, 0) is 25.9 Å². The van der Waals surface area contributed by atoms with Gasteiger partial charge < -0.3 is 16.0 Å². The number of nitrogens with one attached hydrogen (secondary N) is 1. The van der Waals surface area contributed by atoms with E-state index in [4.69, 9.17) is 5.73 Å². The molecule has 1 fully saturated rings. The Labute approximate surface area is 110 Å². The second-order valence-corrected chi connectivity index (χ2v) is 4.69. The Hall–Kier alpha value is -1.96. The molecular formula is C11H18N6O2. The van der Waals surface area contributed by atoms with E-state index in [0.29, 0.717) is 0 Å². The highest BCUT2D eigenvalue weighted by Gasteiger charge is 2.21. The van der Waals surface area contributed by atoms with E-state index < -0.39 is 5.91 Å². The number of nitrogens with zero attached hydrogens (tertiary/aromatic N) is 4. The number of carbonyl (C=O) groups is 2. The van der Waals surface area contributed by atoms with E-state index in [1.165, 1.54) is 11.9 Å². The molecule has 0 bridgehead atoms. The van der Waals surface area contributed by atoms with Crippen molar-refractivity contribution >= 4 is 11.8 Å². The first-order valence-electron chi connectivity index (χ1n) is 6.24. The minimum atomic E-state index is -0.554. The second-order valence-electron chi connectivity index (χ2n) is 4.69. The van der Waals surface area contributed by atoms with Gasteiger partial charge in [0, 0.05) is 7.05 Å². The predicted octanol–water partition coefficient (Wildman–Crippen LogP) is -1.24. The summed E-state index contributed by atoms with van der Waals surface area (Å²) in [6, 6.07) is 0.275. The molecule has 104 valence electrons. The Morgan fingerprint density at radius 2 is 2.21 bits per heavy atom. The maximum atomic E-state index is 12.0. The number of amides is 2. The van der Waals surface area contributed by atoms with Gasteiger partial charge >= 0.3 is 0 Å². The maximum Gasteiger partial charge on any atom is 0.276 e. The van der Waals surface area contributed by atoms with E-state index in [2.05, 4.69) is 15.6 Å². The molecule has 1 aliphatic rings. The molecule has 1 aromatic rings. The van der Waals surface area contributed by atoms with Gasteiger partial charge in [-0.3, -0.25) is 9.59 Å². The van der Waals surface area contributed by atoms with Crippen molar-refractivity contribution in [2.45, 2.75) is 18.9 Å². The van der Waals surface area contributed by atoms with Crippen LogP contribution in [0, 0.1) is 0 Å².